The lowest BCUT2D eigenvalue weighted by Crippen LogP contribution is -2.30. The van der Waals surface area contributed by atoms with Gasteiger partial charge in [-0.25, -0.2) is 4.79 Å². The summed E-state index contributed by atoms with van der Waals surface area (Å²) in [6.45, 7) is 1.95. The highest BCUT2D eigenvalue weighted by molar-refractivity contribution is 6.13. The van der Waals surface area contributed by atoms with Gasteiger partial charge in [0.05, 0.1) is 18.1 Å². The molecule has 28 heavy (non-hydrogen) atoms. The molecule has 1 aliphatic rings. The molecule has 1 fully saturated rings. The zero-order valence-corrected chi connectivity index (χ0v) is 14.9. The van der Waals surface area contributed by atoms with Gasteiger partial charge < -0.3 is 15.2 Å². The Morgan fingerprint density at radius 3 is 2.61 bits per heavy atom. The smallest absolute Gasteiger partial charge is 0.329 e. The number of carbonyl (C=O) groups excluding carboxylic acids is 2. The number of imide groups is 1. The summed E-state index contributed by atoms with van der Waals surface area (Å²) in [6.07, 6.45) is 1.31. The van der Waals surface area contributed by atoms with E-state index in [0.29, 0.717) is 0 Å². The third-order valence-electron chi connectivity index (χ3n) is 4.03. The van der Waals surface area contributed by atoms with Crippen molar-refractivity contribution in [1.82, 2.24) is 10.2 Å². The molecule has 2 N–H and O–H groups in total. The number of hydrogen-bond donors (Lipinski definition) is 2. The van der Waals surface area contributed by atoms with Crippen LogP contribution < -0.4 is 10.1 Å². The number of aromatic hydroxyl groups is 1. The largest absolute Gasteiger partial charge is 0.500 e. The Morgan fingerprint density at radius 2 is 1.96 bits per heavy atom. The van der Waals surface area contributed by atoms with E-state index in [2.05, 4.69) is 5.32 Å². The summed E-state index contributed by atoms with van der Waals surface area (Å²) >= 11 is 0. The first-order valence-corrected chi connectivity index (χ1v) is 8.43. The van der Waals surface area contributed by atoms with Crippen LogP contribution in [0.5, 0.6) is 11.5 Å². The van der Waals surface area contributed by atoms with Gasteiger partial charge in [0.25, 0.3) is 5.91 Å². The van der Waals surface area contributed by atoms with Gasteiger partial charge in [0.15, 0.2) is 5.75 Å². The maximum atomic E-state index is 12.6. The summed E-state index contributed by atoms with van der Waals surface area (Å²) in [6, 6.07) is 10.9. The predicted molar refractivity (Wildman–Crippen MR) is 99.4 cm³/mol. The van der Waals surface area contributed by atoms with Gasteiger partial charge in [-0.2, -0.15) is 0 Å². The monoisotopic (exact) mass is 383 g/mol. The first-order valence-electron chi connectivity index (χ1n) is 8.43. The summed E-state index contributed by atoms with van der Waals surface area (Å²) in [5, 5.41) is 23.6. The van der Waals surface area contributed by atoms with Crippen molar-refractivity contribution in [3.05, 3.63) is 69.4 Å². The average molecular weight is 383 g/mol. The number of phenols is 1. The molecule has 0 aliphatic carbocycles. The molecule has 0 atom stereocenters. The molecule has 0 spiro atoms. The molecule has 2 aromatic carbocycles. The molecule has 0 saturated carbocycles. The van der Waals surface area contributed by atoms with Crippen molar-refractivity contribution in [3.63, 3.8) is 0 Å². The molecule has 1 aliphatic heterocycles. The first kappa shape index (κ1) is 18.9. The van der Waals surface area contributed by atoms with E-state index in [0.717, 1.165) is 16.5 Å². The summed E-state index contributed by atoms with van der Waals surface area (Å²) in [4.78, 5) is 36.2. The molecule has 1 heterocycles. The maximum Gasteiger partial charge on any atom is 0.329 e. The van der Waals surface area contributed by atoms with Crippen molar-refractivity contribution in [2.75, 3.05) is 6.61 Å². The number of nitrogens with one attached hydrogen (secondary N) is 1. The minimum atomic E-state index is -0.753. The van der Waals surface area contributed by atoms with Crippen molar-refractivity contribution in [3.8, 4) is 11.5 Å². The van der Waals surface area contributed by atoms with Crippen molar-refractivity contribution < 1.29 is 24.4 Å². The van der Waals surface area contributed by atoms with Gasteiger partial charge in [-0.1, -0.05) is 30.3 Å². The maximum absolute atomic E-state index is 12.6. The van der Waals surface area contributed by atoms with Gasteiger partial charge in [-0.05, 0) is 30.2 Å². The van der Waals surface area contributed by atoms with E-state index >= 15 is 0 Å². The number of ether oxygens (including phenoxy) is 1. The van der Waals surface area contributed by atoms with Crippen LogP contribution in [-0.2, 0) is 11.3 Å². The zero-order valence-electron chi connectivity index (χ0n) is 14.9. The SMILES string of the molecule is CCOc1cc(/C=C2\NC(=O)N(Cc3ccccc3)C2=O)cc([N+](=O)[O-])c1O. The highest BCUT2D eigenvalue weighted by Crippen LogP contribution is 2.37. The number of nitrogens with zero attached hydrogens (tertiary/aromatic N) is 2. The van der Waals surface area contributed by atoms with Gasteiger partial charge in [-0.3, -0.25) is 19.8 Å². The fraction of sp³-hybridized carbons (Fsp3) is 0.158. The van der Waals surface area contributed by atoms with Gasteiger partial charge in [-0.15, -0.1) is 0 Å². The molecule has 0 radical (unpaired) electrons. The van der Waals surface area contributed by atoms with Crippen molar-refractivity contribution in [2.24, 2.45) is 0 Å². The Balaban J connectivity index is 1.92. The minimum absolute atomic E-state index is 0.0247. The summed E-state index contributed by atoms with van der Waals surface area (Å²) < 4.78 is 5.21. The zero-order chi connectivity index (χ0) is 20.3. The topological polar surface area (TPSA) is 122 Å². The van der Waals surface area contributed by atoms with E-state index in [4.69, 9.17) is 4.74 Å². The molecule has 0 bridgehead atoms. The van der Waals surface area contributed by atoms with Crippen LogP contribution in [0.25, 0.3) is 6.08 Å². The highest BCUT2D eigenvalue weighted by atomic mass is 16.6. The number of urea groups is 1. The quantitative estimate of drug-likeness (QED) is 0.342. The standard InChI is InChI=1S/C19H17N3O6/c1-2-28-16-10-13(9-15(17(16)23)22(26)27)8-14-18(24)21(19(25)20-14)11-12-6-4-3-5-7-12/h3-10,23H,2,11H2,1H3,(H,20,25)/b14-8-. The van der Waals surface area contributed by atoms with E-state index in [1.165, 1.54) is 12.1 Å². The number of phenolic OH excluding ortho intramolecular Hbond substituents is 1. The van der Waals surface area contributed by atoms with Crippen LogP contribution >= 0.6 is 0 Å². The third-order valence-corrected chi connectivity index (χ3v) is 4.03. The van der Waals surface area contributed by atoms with Crippen LogP contribution in [0.4, 0.5) is 10.5 Å². The van der Waals surface area contributed by atoms with Crippen LogP contribution in [-0.4, -0.2) is 33.5 Å². The Morgan fingerprint density at radius 1 is 1.25 bits per heavy atom. The van der Waals surface area contributed by atoms with E-state index in [1.807, 2.05) is 6.07 Å². The van der Waals surface area contributed by atoms with Crippen molar-refractivity contribution >= 4 is 23.7 Å². The molecule has 1 saturated heterocycles. The van der Waals surface area contributed by atoms with Crippen molar-refractivity contribution in [1.29, 1.82) is 0 Å². The number of carbonyl (C=O) groups is 2. The lowest BCUT2D eigenvalue weighted by Gasteiger charge is -2.11. The lowest BCUT2D eigenvalue weighted by atomic mass is 10.1. The number of nitro groups is 1. The van der Waals surface area contributed by atoms with Gasteiger partial charge in [0.2, 0.25) is 5.75 Å². The molecule has 3 amide bonds. The molecule has 9 heteroatoms. The second-order valence-corrected chi connectivity index (χ2v) is 5.94. The number of nitro benzene ring substituents is 1. The molecule has 3 rings (SSSR count). The second kappa shape index (κ2) is 7.78. The van der Waals surface area contributed by atoms with Crippen LogP contribution in [0, 0.1) is 10.1 Å². The first-order chi connectivity index (χ1) is 13.4. The molecule has 0 aromatic heterocycles. The Kier molecular flexibility index (Phi) is 5.25. The molecular formula is C19H17N3O6. The van der Waals surface area contributed by atoms with Gasteiger partial charge >= 0.3 is 11.7 Å². The fourth-order valence-electron chi connectivity index (χ4n) is 2.75. The molecule has 9 nitrogen and oxygen atoms in total. The van der Waals surface area contributed by atoms with Crippen LogP contribution in [0.1, 0.15) is 18.1 Å². The van der Waals surface area contributed by atoms with Crippen LogP contribution in [0.2, 0.25) is 0 Å². The third kappa shape index (κ3) is 3.78. The molecule has 0 unspecified atom stereocenters. The molecule has 144 valence electrons. The minimum Gasteiger partial charge on any atom is -0.500 e. The van der Waals surface area contributed by atoms with Crippen LogP contribution in [0.3, 0.4) is 0 Å². The number of rotatable bonds is 6. The Bertz CT molecular complexity index is 971. The van der Waals surface area contributed by atoms with E-state index in [9.17, 15) is 24.8 Å². The van der Waals surface area contributed by atoms with E-state index in [-0.39, 0.29) is 30.2 Å². The fourth-order valence-corrected chi connectivity index (χ4v) is 2.75. The van der Waals surface area contributed by atoms with Crippen LogP contribution in [0.15, 0.2) is 48.2 Å². The summed E-state index contributed by atoms with van der Waals surface area (Å²) in [5.74, 6) is -1.23. The number of amides is 3. The average Bonchev–Trinajstić information content (AvgIpc) is 2.92. The second-order valence-electron chi connectivity index (χ2n) is 5.94. The molecule has 2 aromatic rings. The molecular weight excluding hydrogens is 366 g/mol. The Labute approximate surface area is 160 Å². The highest BCUT2D eigenvalue weighted by Gasteiger charge is 2.33. The predicted octanol–water partition coefficient (Wildman–Crippen LogP) is 2.79. The summed E-state index contributed by atoms with van der Waals surface area (Å²) in [5.41, 5.74) is 0.434. The van der Waals surface area contributed by atoms with E-state index < -0.39 is 28.3 Å². The van der Waals surface area contributed by atoms with Crippen molar-refractivity contribution in [2.45, 2.75) is 13.5 Å². The number of benzene rings is 2. The lowest BCUT2D eigenvalue weighted by molar-refractivity contribution is -0.386. The van der Waals surface area contributed by atoms with Gasteiger partial charge in [0.1, 0.15) is 5.70 Å². The van der Waals surface area contributed by atoms with Gasteiger partial charge in [0, 0.05) is 6.07 Å². The Hall–Kier alpha value is -3.88. The number of hydrogen-bond acceptors (Lipinski definition) is 6. The summed E-state index contributed by atoms with van der Waals surface area (Å²) in [7, 11) is 0. The normalized spacial score (nSPS) is 15.0. The van der Waals surface area contributed by atoms with E-state index in [1.54, 1.807) is 31.2 Å².